The van der Waals surface area contributed by atoms with Gasteiger partial charge in [-0.3, -0.25) is 9.69 Å². The number of anilines is 1. The Morgan fingerprint density at radius 3 is 2.77 bits per heavy atom. The summed E-state index contributed by atoms with van der Waals surface area (Å²) in [6.07, 6.45) is -0.595. The molecule has 0 aliphatic rings. The first-order valence-electron chi connectivity index (χ1n) is 9.25. The molecule has 0 aliphatic carbocycles. The third kappa shape index (κ3) is 3.65. The molecule has 1 N–H and O–H groups in total. The first-order chi connectivity index (χ1) is 14.5. The second-order valence-corrected chi connectivity index (χ2v) is 6.96. The molecule has 0 spiro atoms. The Morgan fingerprint density at radius 2 is 2.00 bits per heavy atom. The van der Waals surface area contributed by atoms with E-state index in [0.717, 1.165) is 10.9 Å². The topological polar surface area (TPSA) is 93.1 Å². The summed E-state index contributed by atoms with van der Waals surface area (Å²) >= 11 is 6.12. The number of carbonyl (C=O) groups excluding carboxylic acids is 1. The number of aromatic amines is 1. The van der Waals surface area contributed by atoms with Gasteiger partial charge in [0.05, 0.1) is 5.02 Å². The van der Waals surface area contributed by atoms with E-state index in [4.69, 9.17) is 16.3 Å². The van der Waals surface area contributed by atoms with Crippen LogP contribution in [0.15, 0.2) is 59.4 Å². The molecule has 1 amide bonds. The number of halogens is 1. The number of nitrogens with one attached hydrogen (secondary N) is 1. The second kappa shape index (κ2) is 8.00. The minimum Gasteiger partial charge on any atom is -0.408 e. The number of pyridine rings is 1. The Balaban J connectivity index is 1.73. The summed E-state index contributed by atoms with van der Waals surface area (Å²) in [4.78, 5) is 28.7. The van der Waals surface area contributed by atoms with Crippen LogP contribution in [0.3, 0.4) is 0 Å². The zero-order chi connectivity index (χ0) is 21.3. The molecule has 8 nitrogen and oxygen atoms in total. The quantitative estimate of drug-likeness (QED) is 0.535. The number of carbonyl (C=O) groups is 1. The van der Waals surface area contributed by atoms with Crippen molar-refractivity contribution in [2.24, 2.45) is 7.05 Å². The van der Waals surface area contributed by atoms with Gasteiger partial charge in [-0.05, 0) is 42.6 Å². The molecule has 2 aromatic carbocycles. The van der Waals surface area contributed by atoms with E-state index >= 15 is 0 Å². The summed E-state index contributed by atoms with van der Waals surface area (Å²) in [7, 11) is 1.70. The maximum Gasteiger partial charge on any atom is 0.421 e. The lowest BCUT2D eigenvalue weighted by molar-refractivity contribution is 0.207. The van der Waals surface area contributed by atoms with Crippen LogP contribution in [0.4, 0.5) is 10.6 Å². The van der Waals surface area contributed by atoms with Crippen LogP contribution in [0.2, 0.25) is 5.02 Å². The van der Waals surface area contributed by atoms with Gasteiger partial charge in [-0.2, -0.15) is 0 Å². The predicted molar refractivity (Wildman–Crippen MR) is 115 cm³/mol. The molecule has 30 heavy (non-hydrogen) atoms. The average Bonchev–Trinajstić information content (AvgIpc) is 3.11. The van der Waals surface area contributed by atoms with Gasteiger partial charge in [0.25, 0.3) is 0 Å². The van der Waals surface area contributed by atoms with Crippen molar-refractivity contribution in [3.63, 3.8) is 0 Å². The van der Waals surface area contributed by atoms with Crippen LogP contribution in [0.1, 0.15) is 6.92 Å². The number of hydrogen-bond acceptors (Lipinski definition) is 5. The highest BCUT2D eigenvalue weighted by Gasteiger charge is 2.25. The normalized spacial score (nSPS) is 10.9. The Hall–Kier alpha value is -3.65. The van der Waals surface area contributed by atoms with Gasteiger partial charge in [0.1, 0.15) is 5.69 Å². The summed E-state index contributed by atoms with van der Waals surface area (Å²) in [5.74, 6) is 0.757. The van der Waals surface area contributed by atoms with Gasteiger partial charge in [0.15, 0.2) is 11.6 Å². The molecule has 2 heterocycles. The molecule has 0 saturated carbocycles. The molecule has 152 valence electrons. The lowest BCUT2D eigenvalue weighted by atomic mass is 10.1. The van der Waals surface area contributed by atoms with Crippen LogP contribution in [0.25, 0.3) is 22.2 Å². The first kappa shape index (κ1) is 19.7. The fourth-order valence-corrected chi connectivity index (χ4v) is 3.36. The molecule has 0 bridgehead atoms. The number of aryl methyl sites for hydroxylation is 1. The average molecular weight is 424 g/mol. The van der Waals surface area contributed by atoms with Crippen LogP contribution in [-0.4, -0.2) is 32.6 Å². The number of hydrogen-bond donors (Lipinski definition) is 1. The highest BCUT2D eigenvalue weighted by atomic mass is 35.5. The molecule has 4 aromatic rings. The second-order valence-electron chi connectivity index (χ2n) is 6.55. The van der Waals surface area contributed by atoms with Gasteiger partial charge in [-0.1, -0.05) is 35.0 Å². The maximum atomic E-state index is 12.9. The smallest absolute Gasteiger partial charge is 0.408 e. The van der Waals surface area contributed by atoms with E-state index in [-0.39, 0.29) is 11.3 Å². The zero-order valence-corrected chi connectivity index (χ0v) is 17.1. The largest absolute Gasteiger partial charge is 0.421 e. The van der Waals surface area contributed by atoms with Crippen LogP contribution in [0, 0.1) is 0 Å². The summed E-state index contributed by atoms with van der Waals surface area (Å²) in [6, 6.07) is 15.5. The van der Waals surface area contributed by atoms with Crippen LogP contribution in [-0.2, 0) is 7.05 Å². The number of fused-ring (bicyclic) bond motifs is 1. The van der Waals surface area contributed by atoms with Crippen molar-refractivity contribution in [1.29, 1.82) is 0 Å². The first-order valence-corrected chi connectivity index (χ1v) is 9.62. The number of para-hydroxylation sites is 1. The lowest BCUT2D eigenvalue weighted by Crippen LogP contribution is -2.35. The predicted octanol–water partition coefficient (Wildman–Crippen LogP) is 4.00. The Bertz CT molecular complexity index is 1300. The zero-order valence-electron chi connectivity index (χ0n) is 16.3. The number of H-pyrrole nitrogens is 1. The van der Waals surface area contributed by atoms with Crippen molar-refractivity contribution in [3.05, 3.63) is 70.0 Å². The third-order valence-electron chi connectivity index (χ3n) is 4.62. The van der Waals surface area contributed by atoms with Crippen molar-refractivity contribution in [2.45, 2.75) is 6.92 Å². The summed E-state index contributed by atoms with van der Waals surface area (Å²) in [5, 5.41) is 9.53. The summed E-state index contributed by atoms with van der Waals surface area (Å²) in [6.45, 7) is 2.16. The van der Waals surface area contributed by atoms with E-state index in [1.54, 1.807) is 43.4 Å². The van der Waals surface area contributed by atoms with Gasteiger partial charge < -0.3 is 9.72 Å². The molecule has 4 rings (SSSR count). The van der Waals surface area contributed by atoms with Crippen molar-refractivity contribution in [1.82, 2.24) is 20.0 Å². The van der Waals surface area contributed by atoms with E-state index in [1.807, 2.05) is 19.1 Å². The van der Waals surface area contributed by atoms with Gasteiger partial charge in [0.2, 0.25) is 5.56 Å². The highest BCUT2D eigenvalue weighted by Crippen LogP contribution is 2.31. The number of aromatic nitrogens is 4. The molecule has 0 unspecified atom stereocenters. The highest BCUT2D eigenvalue weighted by molar-refractivity contribution is 6.32. The van der Waals surface area contributed by atoms with E-state index in [9.17, 15) is 9.59 Å². The standard InChI is InChI=1S/C21H18ClN5O3/c1-3-27(21(29)30-17-7-5-4-6-15(17)22)20-19(24-25-26(20)2)14-8-10-16-13(12-14)9-11-18(28)23-16/h4-12H,3H2,1-2H3,(H,23,28). The fourth-order valence-electron chi connectivity index (χ4n) is 3.19. The SMILES string of the molecule is CCN(C(=O)Oc1ccccc1Cl)c1c(-c2ccc3[nH]c(=O)ccc3c2)nnn1C. The molecular formula is C21H18ClN5O3. The Labute approximate surface area is 176 Å². The van der Waals surface area contributed by atoms with Crippen molar-refractivity contribution in [2.75, 3.05) is 11.4 Å². The van der Waals surface area contributed by atoms with E-state index in [2.05, 4.69) is 15.3 Å². The lowest BCUT2D eigenvalue weighted by Gasteiger charge is -2.21. The molecule has 0 saturated heterocycles. The fraction of sp³-hybridized carbons (Fsp3) is 0.143. The number of benzene rings is 2. The molecule has 9 heteroatoms. The minimum atomic E-state index is -0.595. The minimum absolute atomic E-state index is 0.171. The number of nitrogens with zero attached hydrogens (tertiary/aromatic N) is 4. The van der Waals surface area contributed by atoms with E-state index in [1.165, 1.54) is 15.6 Å². The van der Waals surface area contributed by atoms with Crippen LogP contribution in [0.5, 0.6) is 5.75 Å². The van der Waals surface area contributed by atoms with Gasteiger partial charge >= 0.3 is 6.09 Å². The van der Waals surface area contributed by atoms with Crippen molar-refractivity contribution < 1.29 is 9.53 Å². The Morgan fingerprint density at radius 1 is 1.20 bits per heavy atom. The van der Waals surface area contributed by atoms with Crippen molar-refractivity contribution >= 4 is 34.4 Å². The van der Waals surface area contributed by atoms with Gasteiger partial charge in [0, 0.05) is 30.7 Å². The molecule has 0 atom stereocenters. The number of rotatable bonds is 4. The van der Waals surface area contributed by atoms with Crippen LogP contribution < -0.4 is 15.2 Å². The molecule has 0 aliphatic heterocycles. The number of amides is 1. The Kier molecular flexibility index (Phi) is 5.24. The van der Waals surface area contributed by atoms with E-state index in [0.29, 0.717) is 28.6 Å². The van der Waals surface area contributed by atoms with Crippen molar-refractivity contribution in [3.8, 4) is 17.0 Å². The van der Waals surface area contributed by atoms with Crippen LogP contribution >= 0.6 is 11.6 Å². The molecular weight excluding hydrogens is 406 g/mol. The maximum absolute atomic E-state index is 12.9. The van der Waals surface area contributed by atoms with Gasteiger partial charge in [-0.25, -0.2) is 9.48 Å². The summed E-state index contributed by atoms with van der Waals surface area (Å²) in [5.41, 5.74) is 1.81. The third-order valence-corrected chi connectivity index (χ3v) is 4.93. The molecule has 0 fully saturated rings. The monoisotopic (exact) mass is 423 g/mol. The number of ether oxygens (including phenoxy) is 1. The summed E-state index contributed by atoms with van der Waals surface area (Å²) < 4.78 is 7.02. The molecule has 2 aromatic heterocycles. The van der Waals surface area contributed by atoms with E-state index < -0.39 is 6.09 Å². The molecule has 0 radical (unpaired) electrons. The van der Waals surface area contributed by atoms with Gasteiger partial charge in [-0.15, -0.1) is 5.10 Å².